The van der Waals surface area contributed by atoms with Gasteiger partial charge in [-0.3, -0.25) is 0 Å². The lowest BCUT2D eigenvalue weighted by Gasteiger charge is -1.99. The van der Waals surface area contributed by atoms with Gasteiger partial charge in [-0.2, -0.15) is 0 Å². The molecular weight excluding hydrogens is 180 g/mol. The molecule has 0 unspecified atom stereocenters. The summed E-state index contributed by atoms with van der Waals surface area (Å²) in [5.74, 6) is -0.845. The largest absolute Gasteiger partial charge is 0.478 e. The van der Waals surface area contributed by atoms with Crippen molar-refractivity contribution in [2.24, 2.45) is 0 Å². The van der Waals surface area contributed by atoms with Crippen LogP contribution in [-0.4, -0.2) is 20.6 Å². The van der Waals surface area contributed by atoms with Gasteiger partial charge in [0.15, 0.2) is 0 Å². The van der Waals surface area contributed by atoms with Gasteiger partial charge in [0.25, 0.3) is 0 Å². The summed E-state index contributed by atoms with van der Waals surface area (Å²) in [6.45, 7) is 3.53. The summed E-state index contributed by atoms with van der Waals surface area (Å²) in [7, 11) is -0.704. The minimum Gasteiger partial charge on any atom is -0.478 e. The third kappa shape index (κ3) is 3.25. The number of carboxylic acid groups (broad SMARTS) is 1. The minimum absolute atomic E-state index is 0.406. The van der Waals surface area contributed by atoms with E-state index in [9.17, 15) is 4.79 Å². The van der Waals surface area contributed by atoms with E-state index in [1.54, 1.807) is 0 Å². The number of hydrogen-bond donors (Lipinski definition) is 1. The van der Waals surface area contributed by atoms with Gasteiger partial charge in [0, 0.05) is 5.20 Å². The molecule has 0 heterocycles. The van der Waals surface area contributed by atoms with Crippen molar-refractivity contribution in [1.29, 1.82) is 0 Å². The van der Waals surface area contributed by atoms with Crippen LogP contribution in [0.3, 0.4) is 0 Å². The van der Waals surface area contributed by atoms with E-state index in [-0.39, 0.29) is 0 Å². The molecule has 1 aromatic carbocycles. The molecule has 2 nitrogen and oxygen atoms in total. The lowest BCUT2D eigenvalue weighted by Crippen LogP contribution is -2.09. The Morgan fingerprint density at radius 1 is 1.38 bits per heavy atom. The molecule has 3 heteroatoms. The molecular formula is C10H12O2Si. The van der Waals surface area contributed by atoms with Crippen LogP contribution in [0.25, 0.3) is 0 Å². The fraction of sp³-hybridized carbons (Fsp3) is 0.100. The predicted molar refractivity (Wildman–Crippen MR) is 55.5 cm³/mol. The Hall–Kier alpha value is -1.35. The average Bonchev–Trinajstić information content (AvgIpc) is 2.15. The van der Waals surface area contributed by atoms with Crippen LogP contribution in [0.2, 0.25) is 0 Å². The number of hydrogen-bond acceptors (Lipinski definition) is 1. The van der Waals surface area contributed by atoms with Crippen molar-refractivity contribution < 1.29 is 9.90 Å². The Morgan fingerprint density at radius 3 is 2.54 bits per heavy atom. The highest BCUT2D eigenvalue weighted by Crippen LogP contribution is 2.00. The fourth-order valence-corrected chi connectivity index (χ4v) is 2.18. The first kappa shape index (κ1) is 9.73. The van der Waals surface area contributed by atoms with Crippen LogP contribution in [0.15, 0.2) is 42.1 Å². The van der Waals surface area contributed by atoms with Crippen LogP contribution in [0.1, 0.15) is 5.56 Å². The van der Waals surface area contributed by atoms with Gasteiger partial charge in [-0.15, -0.1) is 0 Å². The average molecular weight is 192 g/mol. The molecule has 1 rings (SSSR count). The Balaban J connectivity index is 2.44. The summed E-state index contributed by atoms with van der Waals surface area (Å²) >= 11 is 0. The highest BCUT2D eigenvalue weighted by Gasteiger charge is 2.03. The second-order valence-electron chi connectivity index (χ2n) is 2.89. The Kier molecular flexibility index (Phi) is 3.46. The molecule has 0 aliphatic rings. The van der Waals surface area contributed by atoms with E-state index in [0.29, 0.717) is 5.20 Å². The van der Waals surface area contributed by atoms with Gasteiger partial charge < -0.3 is 5.11 Å². The van der Waals surface area contributed by atoms with E-state index >= 15 is 0 Å². The molecule has 0 fully saturated rings. The molecule has 0 amide bonds. The number of aliphatic carboxylic acids is 1. The first-order chi connectivity index (χ1) is 6.20. The maximum absolute atomic E-state index is 10.5. The third-order valence-electron chi connectivity index (χ3n) is 1.86. The number of carbonyl (C=O) groups is 1. The predicted octanol–water partition coefficient (Wildman–Crippen LogP) is 0.954. The second kappa shape index (κ2) is 4.62. The van der Waals surface area contributed by atoms with Crippen molar-refractivity contribution >= 4 is 15.5 Å². The van der Waals surface area contributed by atoms with E-state index in [2.05, 4.69) is 6.58 Å². The van der Waals surface area contributed by atoms with Crippen molar-refractivity contribution in [1.82, 2.24) is 0 Å². The monoisotopic (exact) mass is 192 g/mol. The van der Waals surface area contributed by atoms with Gasteiger partial charge in [0.1, 0.15) is 0 Å². The van der Waals surface area contributed by atoms with Crippen LogP contribution in [0.4, 0.5) is 0 Å². The van der Waals surface area contributed by atoms with E-state index < -0.39 is 15.5 Å². The van der Waals surface area contributed by atoms with Gasteiger partial charge >= 0.3 is 5.97 Å². The summed E-state index contributed by atoms with van der Waals surface area (Å²) in [4.78, 5) is 10.5. The van der Waals surface area contributed by atoms with E-state index in [1.165, 1.54) is 5.56 Å². The van der Waals surface area contributed by atoms with Crippen molar-refractivity contribution in [3.8, 4) is 0 Å². The van der Waals surface area contributed by atoms with Gasteiger partial charge in [0.2, 0.25) is 0 Å². The van der Waals surface area contributed by atoms with Crippen LogP contribution < -0.4 is 0 Å². The first-order valence-corrected chi connectivity index (χ1v) is 5.86. The van der Waals surface area contributed by atoms with E-state index in [4.69, 9.17) is 5.11 Å². The van der Waals surface area contributed by atoms with E-state index in [0.717, 1.165) is 6.04 Å². The van der Waals surface area contributed by atoms with Crippen LogP contribution in [0.5, 0.6) is 0 Å². The van der Waals surface area contributed by atoms with Crippen LogP contribution in [0, 0.1) is 0 Å². The van der Waals surface area contributed by atoms with Gasteiger partial charge in [-0.05, 0) is 6.04 Å². The maximum atomic E-state index is 10.5. The molecule has 1 aromatic rings. The summed E-state index contributed by atoms with van der Waals surface area (Å²) in [6.07, 6.45) is 0. The Labute approximate surface area is 79.7 Å². The highest BCUT2D eigenvalue weighted by atomic mass is 28.2. The molecule has 0 radical (unpaired) electrons. The number of benzene rings is 1. The second-order valence-corrected chi connectivity index (χ2v) is 4.75. The molecule has 13 heavy (non-hydrogen) atoms. The third-order valence-corrected chi connectivity index (χ3v) is 3.59. The van der Waals surface area contributed by atoms with Crippen LogP contribution in [-0.2, 0) is 10.8 Å². The summed E-state index contributed by atoms with van der Waals surface area (Å²) in [5.41, 5.74) is 1.21. The highest BCUT2D eigenvalue weighted by molar-refractivity contribution is 6.52. The number of rotatable bonds is 4. The van der Waals surface area contributed by atoms with Crippen molar-refractivity contribution in [2.75, 3.05) is 0 Å². The van der Waals surface area contributed by atoms with Gasteiger partial charge in [-0.25, -0.2) is 4.79 Å². The summed E-state index contributed by atoms with van der Waals surface area (Å²) in [5, 5.41) is 9.00. The lowest BCUT2D eigenvalue weighted by molar-refractivity contribution is -0.131. The van der Waals surface area contributed by atoms with E-state index in [1.807, 2.05) is 30.3 Å². The zero-order chi connectivity index (χ0) is 9.68. The quantitative estimate of drug-likeness (QED) is 0.570. The molecule has 0 saturated heterocycles. The molecule has 0 atom stereocenters. The molecule has 0 aliphatic heterocycles. The molecule has 1 N–H and O–H groups in total. The van der Waals surface area contributed by atoms with Crippen LogP contribution >= 0.6 is 0 Å². The zero-order valence-corrected chi connectivity index (χ0v) is 8.78. The van der Waals surface area contributed by atoms with Crippen molar-refractivity contribution in [3.63, 3.8) is 0 Å². The molecule has 0 aromatic heterocycles. The summed E-state index contributed by atoms with van der Waals surface area (Å²) < 4.78 is 0. The van der Waals surface area contributed by atoms with Crippen molar-refractivity contribution in [2.45, 2.75) is 6.04 Å². The molecule has 0 aliphatic carbocycles. The molecule has 0 bridgehead atoms. The minimum atomic E-state index is -0.845. The summed E-state index contributed by atoms with van der Waals surface area (Å²) in [6, 6.07) is 10.8. The zero-order valence-electron chi connectivity index (χ0n) is 7.36. The lowest BCUT2D eigenvalue weighted by atomic mass is 10.2. The standard InChI is InChI=1S/C10H12O2Si/c1-8(10(11)12)13-7-9-5-3-2-4-6-9/h2-6H,1,7,13H2,(H,11,12). The first-order valence-electron chi connectivity index (χ1n) is 4.15. The smallest absolute Gasteiger partial charge is 0.326 e. The topological polar surface area (TPSA) is 37.3 Å². The Morgan fingerprint density at radius 2 is 2.00 bits per heavy atom. The molecule has 0 spiro atoms. The van der Waals surface area contributed by atoms with Gasteiger partial charge in [0.05, 0.1) is 9.52 Å². The van der Waals surface area contributed by atoms with Gasteiger partial charge in [-0.1, -0.05) is 42.5 Å². The molecule has 68 valence electrons. The SMILES string of the molecule is C=C([SiH2]Cc1ccccc1)C(=O)O. The Bertz CT molecular complexity index is 306. The van der Waals surface area contributed by atoms with Crippen molar-refractivity contribution in [3.05, 3.63) is 47.7 Å². The fourth-order valence-electron chi connectivity index (χ4n) is 1.05. The molecule has 0 saturated carbocycles. The number of carboxylic acids is 1. The maximum Gasteiger partial charge on any atom is 0.326 e. The normalized spacial score (nSPS) is 10.5.